The van der Waals surface area contributed by atoms with Crippen LogP contribution in [0, 0.1) is 29.8 Å². The number of hydrogen-bond acceptors (Lipinski definition) is 5. The summed E-state index contributed by atoms with van der Waals surface area (Å²) in [5.74, 6) is -0.227. The second kappa shape index (κ2) is 7.99. The Morgan fingerprint density at radius 3 is 2.75 bits per heavy atom. The normalized spacial score (nSPS) is 10.8. The summed E-state index contributed by atoms with van der Waals surface area (Å²) in [6.45, 7) is 3.76. The number of hydrogen-bond donors (Lipinski definition) is 1. The molecule has 0 aliphatic heterocycles. The number of nitro groups is 1. The van der Waals surface area contributed by atoms with Gasteiger partial charge in [-0.2, -0.15) is 10.2 Å². The molecule has 10 heteroatoms. The first-order chi connectivity index (χ1) is 13.3. The van der Waals surface area contributed by atoms with Crippen LogP contribution >= 0.6 is 0 Å². The summed E-state index contributed by atoms with van der Waals surface area (Å²) in [5.41, 5.74) is 1.46. The van der Waals surface area contributed by atoms with Crippen molar-refractivity contribution in [1.29, 1.82) is 0 Å². The number of aryl methyl sites for hydroxylation is 2. The van der Waals surface area contributed by atoms with Crippen molar-refractivity contribution in [2.45, 2.75) is 33.4 Å². The molecule has 0 saturated carbocycles. The average Bonchev–Trinajstić information content (AvgIpc) is 3.16. The number of anilines is 1. The predicted molar refractivity (Wildman–Crippen MR) is 99.3 cm³/mol. The van der Waals surface area contributed by atoms with Gasteiger partial charge >= 0.3 is 5.69 Å². The second-order valence-corrected chi connectivity index (χ2v) is 6.33. The minimum absolute atomic E-state index is 0.0310. The van der Waals surface area contributed by atoms with Gasteiger partial charge in [0.1, 0.15) is 17.2 Å². The Morgan fingerprint density at radius 1 is 1.29 bits per heavy atom. The molecule has 0 saturated heterocycles. The number of halogens is 1. The monoisotopic (exact) mass is 386 g/mol. The summed E-state index contributed by atoms with van der Waals surface area (Å²) < 4.78 is 16.3. The van der Waals surface area contributed by atoms with E-state index < -0.39 is 4.92 Å². The lowest BCUT2D eigenvalue weighted by atomic mass is 10.2. The van der Waals surface area contributed by atoms with Crippen LogP contribution in [0.5, 0.6) is 0 Å². The smallest absolute Gasteiger partial charge is 0.309 e. The standard InChI is InChI=1S/C18H19FN6O3/c1-12-18(25(27)28)13(2)24(21-12)9-7-17(26)20-16-6-8-23(22-16)11-14-4-3-5-15(19)10-14/h3-6,8,10H,7,9,11H2,1-2H3,(H,20,22,26). The Labute approximate surface area is 159 Å². The zero-order valence-electron chi connectivity index (χ0n) is 15.4. The van der Waals surface area contributed by atoms with E-state index in [-0.39, 0.29) is 30.4 Å². The molecule has 3 rings (SSSR count). The minimum Gasteiger partial charge on any atom is -0.309 e. The van der Waals surface area contributed by atoms with Crippen LogP contribution in [0.3, 0.4) is 0 Å². The van der Waals surface area contributed by atoms with Crippen LogP contribution < -0.4 is 5.32 Å². The molecule has 0 unspecified atom stereocenters. The SMILES string of the molecule is Cc1nn(CCC(=O)Nc2ccn(Cc3cccc(F)c3)n2)c(C)c1[N+](=O)[O-]. The number of benzene rings is 1. The molecule has 146 valence electrons. The third kappa shape index (κ3) is 4.40. The van der Waals surface area contributed by atoms with Crippen molar-refractivity contribution in [3.8, 4) is 0 Å². The number of aromatic nitrogens is 4. The summed E-state index contributed by atoms with van der Waals surface area (Å²) in [5, 5.41) is 22.1. The first kappa shape index (κ1) is 19.2. The zero-order valence-corrected chi connectivity index (χ0v) is 15.4. The summed E-state index contributed by atoms with van der Waals surface area (Å²) in [6, 6.07) is 7.85. The maximum absolute atomic E-state index is 13.2. The number of nitrogens with zero attached hydrogens (tertiary/aromatic N) is 5. The van der Waals surface area contributed by atoms with Gasteiger partial charge in [0.05, 0.1) is 18.0 Å². The van der Waals surface area contributed by atoms with E-state index in [1.54, 1.807) is 42.9 Å². The number of nitrogens with one attached hydrogen (secondary N) is 1. The van der Waals surface area contributed by atoms with Crippen LogP contribution in [-0.2, 0) is 17.9 Å². The van der Waals surface area contributed by atoms with Crippen molar-refractivity contribution in [2.75, 3.05) is 5.32 Å². The van der Waals surface area contributed by atoms with Crippen molar-refractivity contribution in [3.63, 3.8) is 0 Å². The molecular formula is C18H19FN6O3. The van der Waals surface area contributed by atoms with Crippen LogP contribution in [0.25, 0.3) is 0 Å². The van der Waals surface area contributed by atoms with Gasteiger partial charge in [-0.15, -0.1) is 0 Å². The van der Waals surface area contributed by atoms with E-state index in [9.17, 15) is 19.3 Å². The first-order valence-electron chi connectivity index (χ1n) is 8.59. The molecule has 1 amide bonds. The van der Waals surface area contributed by atoms with Crippen LogP contribution in [0.15, 0.2) is 36.5 Å². The molecule has 0 aliphatic rings. The lowest BCUT2D eigenvalue weighted by Crippen LogP contribution is -2.16. The van der Waals surface area contributed by atoms with Gasteiger partial charge in [0.2, 0.25) is 5.91 Å². The van der Waals surface area contributed by atoms with Gasteiger partial charge in [0.25, 0.3) is 0 Å². The van der Waals surface area contributed by atoms with Crippen LogP contribution in [-0.4, -0.2) is 30.4 Å². The van der Waals surface area contributed by atoms with Crippen LogP contribution in [0.4, 0.5) is 15.9 Å². The molecule has 2 heterocycles. The van der Waals surface area contributed by atoms with Gasteiger partial charge in [0.15, 0.2) is 5.82 Å². The molecule has 0 radical (unpaired) electrons. The number of rotatable bonds is 7. The van der Waals surface area contributed by atoms with Gasteiger partial charge in [-0.3, -0.25) is 24.3 Å². The van der Waals surface area contributed by atoms with Gasteiger partial charge in [-0.05, 0) is 31.5 Å². The Morgan fingerprint density at radius 2 is 2.07 bits per heavy atom. The molecule has 28 heavy (non-hydrogen) atoms. The van der Waals surface area contributed by atoms with Gasteiger partial charge in [-0.1, -0.05) is 12.1 Å². The highest BCUT2D eigenvalue weighted by molar-refractivity contribution is 5.89. The fourth-order valence-corrected chi connectivity index (χ4v) is 2.92. The topological polar surface area (TPSA) is 108 Å². The van der Waals surface area contributed by atoms with Gasteiger partial charge in [0, 0.05) is 18.7 Å². The maximum atomic E-state index is 13.2. The highest BCUT2D eigenvalue weighted by Gasteiger charge is 2.21. The van der Waals surface area contributed by atoms with Crippen molar-refractivity contribution in [1.82, 2.24) is 19.6 Å². The number of amides is 1. The molecule has 0 fully saturated rings. The Balaban J connectivity index is 1.57. The van der Waals surface area contributed by atoms with Crippen molar-refractivity contribution in [2.24, 2.45) is 0 Å². The molecule has 9 nitrogen and oxygen atoms in total. The lowest BCUT2D eigenvalue weighted by Gasteiger charge is -2.05. The molecular weight excluding hydrogens is 367 g/mol. The van der Waals surface area contributed by atoms with Gasteiger partial charge in [-0.25, -0.2) is 4.39 Å². The van der Waals surface area contributed by atoms with E-state index in [0.717, 1.165) is 5.56 Å². The lowest BCUT2D eigenvalue weighted by molar-refractivity contribution is -0.386. The summed E-state index contributed by atoms with van der Waals surface area (Å²) in [4.78, 5) is 22.7. The number of carbonyl (C=O) groups is 1. The van der Waals surface area contributed by atoms with E-state index in [4.69, 9.17) is 0 Å². The summed E-state index contributed by atoms with van der Waals surface area (Å²) in [6.07, 6.45) is 1.78. The highest BCUT2D eigenvalue weighted by Crippen LogP contribution is 2.21. The van der Waals surface area contributed by atoms with Crippen molar-refractivity contribution < 1.29 is 14.1 Å². The van der Waals surface area contributed by atoms with E-state index >= 15 is 0 Å². The third-order valence-corrected chi connectivity index (χ3v) is 4.22. The van der Waals surface area contributed by atoms with Crippen molar-refractivity contribution >= 4 is 17.4 Å². The maximum Gasteiger partial charge on any atom is 0.312 e. The Hall–Kier alpha value is -3.56. The second-order valence-electron chi connectivity index (χ2n) is 6.33. The molecule has 0 bridgehead atoms. The summed E-state index contributed by atoms with van der Waals surface area (Å²) in [7, 11) is 0. The number of carbonyl (C=O) groups excluding carboxylic acids is 1. The quantitative estimate of drug-likeness (QED) is 0.496. The minimum atomic E-state index is -0.473. The molecule has 3 aromatic rings. The summed E-state index contributed by atoms with van der Waals surface area (Å²) >= 11 is 0. The molecule has 0 spiro atoms. The van der Waals surface area contributed by atoms with E-state index in [2.05, 4.69) is 15.5 Å². The fraction of sp³-hybridized carbons (Fsp3) is 0.278. The third-order valence-electron chi connectivity index (χ3n) is 4.22. The van der Waals surface area contributed by atoms with Crippen LogP contribution in [0.2, 0.25) is 0 Å². The molecule has 1 aromatic carbocycles. The predicted octanol–water partition coefficient (Wildman–Crippen LogP) is 2.82. The Kier molecular flexibility index (Phi) is 5.48. The van der Waals surface area contributed by atoms with Crippen LogP contribution in [0.1, 0.15) is 23.4 Å². The largest absolute Gasteiger partial charge is 0.312 e. The Bertz CT molecular complexity index is 1030. The van der Waals surface area contributed by atoms with E-state index in [1.807, 2.05) is 0 Å². The molecule has 1 N–H and O–H groups in total. The zero-order chi connectivity index (χ0) is 20.3. The molecule has 0 aliphatic carbocycles. The highest BCUT2D eigenvalue weighted by atomic mass is 19.1. The van der Waals surface area contributed by atoms with Gasteiger partial charge < -0.3 is 5.32 Å². The van der Waals surface area contributed by atoms with E-state index in [1.165, 1.54) is 16.8 Å². The van der Waals surface area contributed by atoms with Crippen molar-refractivity contribution in [3.05, 3.63) is 69.4 Å². The molecule has 2 aromatic heterocycles. The van der Waals surface area contributed by atoms with E-state index in [0.29, 0.717) is 23.8 Å². The average molecular weight is 386 g/mol. The fourth-order valence-electron chi connectivity index (χ4n) is 2.92. The first-order valence-corrected chi connectivity index (χ1v) is 8.59. The molecule has 0 atom stereocenters.